The molecule has 0 unspecified atom stereocenters. The summed E-state index contributed by atoms with van der Waals surface area (Å²) in [5.41, 5.74) is 0. The van der Waals surface area contributed by atoms with Crippen molar-refractivity contribution >= 4 is 16.6 Å². The lowest BCUT2D eigenvalue weighted by Gasteiger charge is -2.36. The van der Waals surface area contributed by atoms with Crippen molar-refractivity contribution in [1.82, 2.24) is 0 Å². The van der Waals surface area contributed by atoms with Crippen molar-refractivity contribution in [3.8, 4) is 0 Å². The lowest BCUT2D eigenvalue weighted by Crippen LogP contribution is -2.72. The van der Waals surface area contributed by atoms with Crippen LogP contribution >= 0.6 is 0 Å². The Kier molecular flexibility index (Phi) is 9.25. The van der Waals surface area contributed by atoms with E-state index < -0.39 is 16.6 Å². The SMILES string of the molecule is CCO[Si](O)(OCC)[Si](OCC)(OCC)OCC. The molecule has 0 atom stereocenters. The minimum absolute atomic E-state index is 0.324. The third kappa shape index (κ3) is 4.39. The molecular weight excluding hydrogens is 272 g/mol. The monoisotopic (exact) mass is 298 g/mol. The molecule has 0 aliphatic heterocycles. The number of rotatable bonds is 11. The molecule has 8 heteroatoms. The molecule has 0 aromatic rings. The highest BCUT2D eigenvalue weighted by Gasteiger charge is 2.70. The molecule has 0 saturated heterocycles. The summed E-state index contributed by atoms with van der Waals surface area (Å²) in [6.07, 6.45) is 0. The largest absolute Gasteiger partial charge is 0.577 e. The Balaban J connectivity index is 5.26. The van der Waals surface area contributed by atoms with Crippen molar-refractivity contribution in [3.05, 3.63) is 0 Å². The minimum Gasteiger partial charge on any atom is -0.387 e. The Hall–Kier alpha value is 0.194. The highest BCUT2D eigenvalue weighted by molar-refractivity contribution is 7.25. The predicted molar refractivity (Wildman–Crippen MR) is 71.9 cm³/mol. The molecule has 0 amide bonds. The van der Waals surface area contributed by atoms with Gasteiger partial charge in [0.25, 0.3) is 0 Å². The van der Waals surface area contributed by atoms with Crippen molar-refractivity contribution in [1.29, 1.82) is 0 Å². The van der Waals surface area contributed by atoms with Gasteiger partial charge in [0, 0.05) is 33.0 Å². The average molecular weight is 298 g/mol. The molecule has 0 fully saturated rings. The molecule has 0 bridgehead atoms. The molecule has 0 aromatic heterocycles. The summed E-state index contributed by atoms with van der Waals surface area (Å²) in [5.74, 6) is 0. The van der Waals surface area contributed by atoms with Crippen LogP contribution in [0, 0.1) is 0 Å². The zero-order valence-corrected chi connectivity index (χ0v) is 14.0. The van der Waals surface area contributed by atoms with Gasteiger partial charge >= 0.3 is 16.6 Å². The molecule has 0 aromatic carbocycles. The van der Waals surface area contributed by atoms with Crippen LogP contribution in [0.5, 0.6) is 0 Å². The van der Waals surface area contributed by atoms with E-state index in [0.29, 0.717) is 33.0 Å². The quantitative estimate of drug-likeness (QED) is 0.577. The second-order valence-electron chi connectivity index (χ2n) is 3.30. The van der Waals surface area contributed by atoms with E-state index in [1.807, 2.05) is 20.8 Å². The molecule has 0 spiro atoms. The van der Waals surface area contributed by atoms with Crippen molar-refractivity contribution in [2.45, 2.75) is 34.6 Å². The summed E-state index contributed by atoms with van der Waals surface area (Å²) in [6.45, 7) is 10.8. The lowest BCUT2D eigenvalue weighted by atomic mass is 10.9. The topological polar surface area (TPSA) is 66.4 Å². The maximum absolute atomic E-state index is 10.7. The van der Waals surface area contributed by atoms with Crippen LogP contribution in [0.1, 0.15) is 34.6 Å². The van der Waals surface area contributed by atoms with Crippen molar-refractivity contribution in [2.75, 3.05) is 33.0 Å². The Morgan fingerprint density at radius 2 is 0.889 bits per heavy atom. The third-order valence-electron chi connectivity index (χ3n) is 2.07. The highest BCUT2D eigenvalue weighted by atomic mass is 29.3. The second kappa shape index (κ2) is 9.15. The highest BCUT2D eigenvalue weighted by Crippen LogP contribution is 2.23. The van der Waals surface area contributed by atoms with Gasteiger partial charge in [-0.1, -0.05) is 0 Å². The van der Waals surface area contributed by atoms with Gasteiger partial charge in [0.15, 0.2) is 0 Å². The maximum atomic E-state index is 10.7. The summed E-state index contributed by atoms with van der Waals surface area (Å²) >= 11 is 0. The van der Waals surface area contributed by atoms with Gasteiger partial charge in [0.05, 0.1) is 0 Å². The molecule has 0 aliphatic rings. The molecule has 0 radical (unpaired) electrons. The van der Waals surface area contributed by atoms with E-state index in [4.69, 9.17) is 22.1 Å². The molecule has 1 N–H and O–H groups in total. The first-order chi connectivity index (χ1) is 8.55. The van der Waals surface area contributed by atoms with Gasteiger partial charge in [0.1, 0.15) is 0 Å². The Morgan fingerprint density at radius 3 is 1.11 bits per heavy atom. The van der Waals surface area contributed by atoms with Gasteiger partial charge in [-0.05, 0) is 34.6 Å². The molecule has 18 heavy (non-hydrogen) atoms. The summed E-state index contributed by atoms with van der Waals surface area (Å²) in [4.78, 5) is 10.7. The van der Waals surface area contributed by atoms with Gasteiger partial charge in [-0.15, -0.1) is 0 Å². The smallest absolute Gasteiger partial charge is 0.387 e. The fourth-order valence-corrected chi connectivity index (χ4v) is 9.60. The molecule has 110 valence electrons. The minimum atomic E-state index is -3.62. The first-order valence-electron chi connectivity index (χ1n) is 6.47. The lowest BCUT2D eigenvalue weighted by molar-refractivity contribution is 0.0380. The van der Waals surface area contributed by atoms with Crippen molar-refractivity contribution < 1.29 is 26.9 Å². The fourth-order valence-electron chi connectivity index (χ4n) is 1.58. The summed E-state index contributed by atoms with van der Waals surface area (Å²) in [6, 6.07) is 0. The van der Waals surface area contributed by atoms with E-state index in [-0.39, 0.29) is 0 Å². The first kappa shape index (κ1) is 18.2. The average Bonchev–Trinajstić information content (AvgIpc) is 2.30. The van der Waals surface area contributed by atoms with Crippen LogP contribution in [0.3, 0.4) is 0 Å². The van der Waals surface area contributed by atoms with Gasteiger partial charge in [-0.25, -0.2) is 0 Å². The van der Waals surface area contributed by atoms with Crippen molar-refractivity contribution in [2.24, 2.45) is 0 Å². The van der Waals surface area contributed by atoms with Gasteiger partial charge in [-0.3, -0.25) is 0 Å². The van der Waals surface area contributed by atoms with Crippen LogP contribution in [0.4, 0.5) is 0 Å². The van der Waals surface area contributed by atoms with Gasteiger partial charge in [0.2, 0.25) is 0 Å². The molecule has 0 heterocycles. The number of hydrogen-bond acceptors (Lipinski definition) is 6. The molecule has 6 nitrogen and oxygen atoms in total. The number of hydrogen-bond donors (Lipinski definition) is 1. The fraction of sp³-hybridized carbons (Fsp3) is 1.00. The Morgan fingerprint density at radius 1 is 0.611 bits per heavy atom. The van der Waals surface area contributed by atoms with Crippen LogP contribution < -0.4 is 0 Å². The van der Waals surface area contributed by atoms with Crippen LogP contribution in [-0.4, -0.2) is 54.5 Å². The second-order valence-corrected chi connectivity index (χ2v) is 10.8. The standard InChI is InChI=1S/C10H26O6Si2/c1-6-12-17(11,13-7-2)18(14-8-3,15-9-4)16-10-5/h11H,6-10H2,1-5H3. The van der Waals surface area contributed by atoms with Crippen LogP contribution in [-0.2, 0) is 22.1 Å². The first-order valence-corrected chi connectivity index (χ1v) is 11.0. The zero-order valence-electron chi connectivity index (χ0n) is 12.0. The summed E-state index contributed by atoms with van der Waals surface area (Å²) in [5, 5.41) is 0. The van der Waals surface area contributed by atoms with Crippen LogP contribution in [0.2, 0.25) is 0 Å². The Bertz CT molecular complexity index is 194. The van der Waals surface area contributed by atoms with E-state index in [1.165, 1.54) is 0 Å². The molecule has 0 aliphatic carbocycles. The summed E-state index contributed by atoms with van der Waals surface area (Å²) in [7, 11) is -6.96. The van der Waals surface area contributed by atoms with E-state index >= 15 is 0 Å². The zero-order chi connectivity index (χ0) is 14.1. The van der Waals surface area contributed by atoms with Crippen LogP contribution in [0.25, 0.3) is 0 Å². The maximum Gasteiger partial charge on any atom is 0.577 e. The molecule has 0 saturated carbocycles. The van der Waals surface area contributed by atoms with E-state index in [2.05, 4.69) is 0 Å². The van der Waals surface area contributed by atoms with Gasteiger partial charge < -0.3 is 26.9 Å². The van der Waals surface area contributed by atoms with E-state index in [1.54, 1.807) is 13.8 Å². The predicted octanol–water partition coefficient (Wildman–Crippen LogP) is 1.12. The van der Waals surface area contributed by atoms with Crippen LogP contribution in [0.15, 0.2) is 0 Å². The Labute approximate surface area is 112 Å². The van der Waals surface area contributed by atoms with E-state index in [9.17, 15) is 4.80 Å². The molecule has 0 rings (SSSR count). The summed E-state index contributed by atoms with van der Waals surface area (Å²) < 4.78 is 27.8. The third-order valence-corrected chi connectivity index (χ3v) is 10.7. The van der Waals surface area contributed by atoms with Crippen molar-refractivity contribution in [3.63, 3.8) is 0 Å². The van der Waals surface area contributed by atoms with Gasteiger partial charge in [-0.2, -0.15) is 0 Å². The molecular formula is C10H26O6Si2. The van der Waals surface area contributed by atoms with E-state index in [0.717, 1.165) is 0 Å². The normalized spacial score (nSPS) is 13.0.